The molecule has 3 N–H and O–H groups in total. The number of aromatic nitrogens is 2. The van der Waals surface area contributed by atoms with Crippen LogP contribution in [0, 0.1) is 3.57 Å². The molecule has 15 heavy (non-hydrogen) atoms. The summed E-state index contributed by atoms with van der Waals surface area (Å²) in [4.78, 5) is 8.33. The van der Waals surface area contributed by atoms with Gasteiger partial charge < -0.3 is 11.1 Å². The Kier molecular flexibility index (Phi) is 6.58. The number of rotatable bonds is 7. The highest BCUT2D eigenvalue weighted by molar-refractivity contribution is 14.1. The molecule has 0 aliphatic heterocycles. The van der Waals surface area contributed by atoms with Crippen LogP contribution >= 0.6 is 22.6 Å². The smallest absolute Gasteiger partial charge is 0.222 e. The molecule has 1 rings (SSSR count). The molecule has 4 nitrogen and oxygen atoms in total. The van der Waals surface area contributed by atoms with Gasteiger partial charge in [-0.3, -0.25) is 0 Å². The predicted molar refractivity (Wildman–Crippen MR) is 70.8 cm³/mol. The molecule has 0 radical (unpaired) electrons. The van der Waals surface area contributed by atoms with Gasteiger partial charge in [0.15, 0.2) is 0 Å². The molecule has 0 saturated heterocycles. The third kappa shape index (κ3) is 5.88. The molecule has 84 valence electrons. The van der Waals surface area contributed by atoms with Crippen molar-refractivity contribution in [3.8, 4) is 0 Å². The number of halogens is 1. The Hall–Kier alpha value is -0.430. The van der Waals surface area contributed by atoms with E-state index < -0.39 is 0 Å². The van der Waals surface area contributed by atoms with Crippen molar-refractivity contribution >= 4 is 28.5 Å². The van der Waals surface area contributed by atoms with Gasteiger partial charge >= 0.3 is 0 Å². The molecule has 0 fully saturated rings. The summed E-state index contributed by atoms with van der Waals surface area (Å²) in [6, 6.07) is 0. The van der Waals surface area contributed by atoms with Crippen molar-refractivity contribution in [3.63, 3.8) is 0 Å². The fourth-order valence-corrected chi connectivity index (χ4v) is 1.51. The Morgan fingerprint density at radius 2 is 1.80 bits per heavy atom. The molecule has 0 aromatic carbocycles. The molecule has 0 atom stereocenters. The van der Waals surface area contributed by atoms with Crippen LogP contribution in [-0.2, 0) is 0 Å². The van der Waals surface area contributed by atoms with Gasteiger partial charge in [-0.25, -0.2) is 9.97 Å². The number of hydrogen-bond donors (Lipinski definition) is 2. The maximum absolute atomic E-state index is 5.41. The van der Waals surface area contributed by atoms with Crippen LogP contribution in [-0.4, -0.2) is 23.1 Å². The van der Waals surface area contributed by atoms with Crippen molar-refractivity contribution in [2.45, 2.75) is 25.7 Å². The van der Waals surface area contributed by atoms with Gasteiger partial charge in [0.05, 0.1) is 0 Å². The molecular weight excluding hydrogens is 303 g/mol. The van der Waals surface area contributed by atoms with E-state index in [-0.39, 0.29) is 0 Å². The second-order valence-electron chi connectivity index (χ2n) is 3.35. The summed E-state index contributed by atoms with van der Waals surface area (Å²) >= 11 is 2.19. The first-order valence-corrected chi connectivity index (χ1v) is 6.32. The minimum absolute atomic E-state index is 0.717. The summed E-state index contributed by atoms with van der Waals surface area (Å²) in [5.41, 5.74) is 5.41. The molecule has 0 saturated carbocycles. The van der Waals surface area contributed by atoms with Gasteiger partial charge in [-0.2, -0.15) is 0 Å². The fraction of sp³-hybridized carbons (Fsp3) is 0.600. The van der Waals surface area contributed by atoms with Gasteiger partial charge in [0.1, 0.15) is 0 Å². The second-order valence-corrected chi connectivity index (χ2v) is 4.60. The summed E-state index contributed by atoms with van der Waals surface area (Å²) in [7, 11) is 0. The summed E-state index contributed by atoms with van der Waals surface area (Å²) in [6.45, 7) is 1.73. The van der Waals surface area contributed by atoms with E-state index in [1.165, 1.54) is 12.8 Å². The van der Waals surface area contributed by atoms with E-state index in [1.807, 2.05) is 12.4 Å². The maximum atomic E-state index is 5.41. The van der Waals surface area contributed by atoms with E-state index in [0.717, 1.165) is 29.5 Å². The first kappa shape index (κ1) is 12.6. The van der Waals surface area contributed by atoms with Gasteiger partial charge in [0.2, 0.25) is 5.95 Å². The number of nitrogens with zero attached hydrogens (tertiary/aromatic N) is 2. The van der Waals surface area contributed by atoms with Crippen LogP contribution in [0.4, 0.5) is 5.95 Å². The lowest BCUT2D eigenvalue weighted by Gasteiger charge is -2.03. The van der Waals surface area contributed by atoms with Crippen LogP contribution in [0.3, 0.4) is 0 Å². The van der Waals surface area contributed by atoms with Crippen molar-refractivity contribution in [2.75, 3.05) is 18.4 Å². The van der Waals surface area contributed by atoms with Crippen LogP contribution in [0.25, 0.3) is 0 Å². The molecule has 0 aliphatic carbocycles. The first-order valence-electron chi connectivity index (χ1n) is 5.24. The van der Waals surface area contributed by atoms with Gasteiger partial charge in [-0.15, -0.1) is 0 Å². The van der Waals surface area contributed by atoms with E-state index in [9.17, 15) is 0 Å². The summed E-state index contributed by atoms with van der Waals surface area (Å²) < 4.78 is 1.06. The van der Waals surface area contributed by atoms with E-state index in [4.69, 9.17) is 5.73 Å². The van der Waals surface area contributed by atoms with Crippen molar-refractivity contribution in [2.24, 2.45) is 5.73 Å². The maximum Gasteiger partial charge on any atom is 0.222 e. The topological polar surface area (TPSA) is 63.8 Å². The minimum Gasteiger partial charge on any atom is -0.354 e. The number of hydrogen-bond acceptors (Lipinski definition) is 4. The second kappa shape index (κ2) is 7.81. The predicted octanol–water partition coefficient (Wildman–Crippen LogP) is 2.01. The highest BCUT2D eigenvalue weighted by Crippen LogP contribution is 2.03. The van der Waals surface area contributed by atoms with Crippen molar-refractivity contribution < 1.29 is 0 Å². The van der Waals surface area contributed by atoms with Crippen LogP contribution in [0.5, 0.6) is 0 Å². The third-order valence-corrected chi connectivity index (χ3v) is 2.59. The summed E-state index contributed by atoms with van der Waals surface area (Å²) in [5, 5.41) is 3.19. The zero-order valence-electron chi connectivity index (χ0n) is 8.75. The van der Waals surface area contributed by atoms with E-state index >= 15 is 0 Å². The fourth-order valence-electron chi connectivity index (χ4n) is 1.23. The molecule has 0 unspecified atom stereocenters. The zero-order valence-corrected chi connectivity index (χ0v) is 10.9. The highest BCUT2D eigenvalue weighted by Gasteiger charge is 1.94. The number of unbranched alkanes of at least 4 members (excludes halogenated alkanes) is 3. The van der Waals surface area contributed by atoms with Crippen molar-refractivity contribution in [3.05, 3.63) is 16.0 Å². The van der Waals surface area contributed by atoms with Gasteiger partial charge in [0, 0.05) is 22.5 Å². The summed E-state index contributed by atoms with van der Waals surface area (Å²) in [5.74, 6) is 0.717. The van der Waals surface area contributed by atoms with Crippen molar-refractivity contribution in [1.29, 1.82) is 0 Å². The Labute approximate surface area is 104 Å². The standard InChI is InChI=1S/C10H17IN4/c11-9-7-14-10(15-8-9)13-6-4-2-1-3-5-12/h7-8H,1-6,12H2,(H,13,14,15). The van der Waals surface area contributed by atoms with E-state index in [2.05, 4.69) is 37.9 Å². The first-order chi connectivity index (χ1) is 7.33. The Balaban J connectivity index is 2.07. The average Bonchev–Trinajstić information content (AvgIpc) is 2.26. The summed E-state index contributed by atoms with van der Waals surface area (Å²) in [6.07, 6.45) is 8.32. The minimum atomic E-state index is 0.717. The van der Waals surface area contributed by atoms with Gasteiger partial charge in [-0.05, 0) is 42.0 Å². The third-order valence-electron chi connectivity index (χ3n) is 2.03. The lowest BCUT2D eigenvalue weighted by Crippen LogP contribution is -2.05. The molecular formula is C10H17IN4. The SMILES string of the molecule is NCCCCCCNc1ncc(I)cn1. The lowest BCUT2D eigenvalue weighted by molar-refractivity contribution is 0.660. The largest absolute Gasteiger partial charge is 0.354 e. The number of nitrogens with one attached hydrogen (secondary N) is 1. The van der Waals surface area contributed by atoms with E-state index in [0.29, 0.717) is 5.95 Å². The highest BCUT2D eigenvalue weighted by atomic mass is 127. The molecule has 0 amide bonds. The normalized spacial score (nSPS) is 10.3. The Bertz CT molecular complexity index is 263. The number of anilines is 1. The van der Waals surface area contributed by atoms with Crippen LogP contribution in [0.1, 0.15) is 25.7 Å². The van der Waals surface area contributed by atoms with Crippen LogP contribution in [0.15, 0.2) is 12.4 Å². The zero-order chi connectivity index (χ0) is 10.9. The van der Waals surface area contributed by atoms with Gasteiger partial charge in [0.25, 0.3) is 0 Å². The molecule has 5 heteroatoms. The van der Waals surface area contributed by atoms with Crippen LogP contribution in [0.2, 0.25) is 0 Å². The molecule has 0 aliphatic rings. The van der Waals surface area contributed by atoms with Crippen LogP contribution < -0.4 is 11.1 Å². The quantitative estimate of drug-likeness (QED) is 0.596. The van der Waals surface area contributed by atoms with Crippen molar-refractivity contribution in [1.82, 2.24) is 9.97 Å². The molecule has 1 aromatic heterocycles. The number of nitrogens with two attached hydrogens (primary N) is 1. The Morgan fingerprint density at radius 1 is 1.13 bits per heavy atom. The lowest BCUT2D eigenvalue weighted by atomic mass is 10.2. The van der Waals surface area contributed by atoms with Gasteiger partial charge in [-0.1, -0.05) is 12.8 Å². The Morgan fingerprint density at radius 3 is 2.47 bits per heavy atom. The molecule has 1 heterocycles. The molecule has 0 spiro atoms. The molecule has 0 bridgehead atoms. The monoisotopic (exact) mass is 320 g/mol. The average molecular weight is 320 g/mol. The van der Waals surface area contributed by atoms with E-state index in [1.54, 1.807) is 0 Å². The molecule has 1 aromatic rings.